The molecular formula is C18H36N2O. The van der Waals surface area contributed by atoms with E-state index in [1.54, 1.807) is 0 Å². The Morgan fingerprint density at radius 3 is 2.52 bits per heavy atom. The first kappa shape index (κ1) is 17.2. The molecule has 0 aromatic heterocycles. The monoisotopic (exact) mass is 296 g/mol. The van der Waals surface area contributed by atoms with Gasteiger partial charge in [0.15, 0.2) is 0 Å². The molecule has 1 spiro atoms. The molecule has 3 heteroatoms. The highest BCUT2D eigenvalue weighted by Crippen LogP contribution is 2.34. The van der Waals surface area contributed by atoms with E-state index in [4.69, 9.17) is 4.74 Å². The summed E-state index contributed by atoms with van der Waals surface area (Å²) < 4.78 is 5.62. The second-order valence-corrected chi connectivity index (χ2v) is 8.34. The molecule has 1 saturated carbocycles. The van der Waals surface area contributed by atoms with Gasteiger partial charge in [0.2, 0.25) is 0 Å². The van der Waals surface area contributed by atoms with Gasteiger partial charge >= 0.3 is 0 Å². The fraction of sp³-hybridized carbons (Fsp3) is 1.00. The SMILES string of the molecule is COC(C)(C)CCN1CC2(CCCC2)NCC1CC(C)C. The lowest BCUT2D eigenvalue weighted by atomic mass is 9.89. The number of nitrogens with one attached hydrogen (secondary N) is 1. The molecule has 2 aliphatic rings. The highest BCUT2D eigenvalue weighted by molar-refractivity contribution is 5.01. The second-order valence-electron chi connectivity index (χ2n) is 8.34. The Bertz CT molecular complexity index is 321. The Morgan fingerprint density at radius 2 is 1.95 bits per heavy atom. The van der Waals surface area contributed by atoms with Gasteiger partial charge in [0, 0.05) is 38.3 Å². The standard InChI is InChI=1S/C18H36N2O/c1-15(2)12-16-13-19-18(8-6-7-9-18)14-20(16)11-10-17(3,4)21-5/h15-16,19H,6-14H2,1-5H3. The van der Waals surface area contributed by atoms with Crippen LogP contribution in [0.25, 0.3) is 0 Å². The predicted molar refractivity (Wildman–Crippen MR) is 89.7 cm³/mol. The van der Waals surface area contributed by atoms with Crippen molar-refractivity contribution in [1.82, 2.24) is 10.2 Å². The summed E-state index contributed by atoms with van der Waals surface area (Å²) in [5.41, 5.74) is 0.417. The van der Waals surface area contributed by atoms with Crippen LogP contribution < -0.4 is 5.32 Å². The van der Waals surface area contributed by atoms with Crippen LogP contribution in [0.3, 0.4) is 0 Å². The number of piperazine rings is 1. The van der Waals surface area contributed by atoms with Gasteiger partial charge in [-0.25, -0.2) is 0 Å². The number of hydrogen-bond acceptors (Lipinski definition) is 3. The number of hydrogen-bond donors (Lipinski definition) is 1. The second kappa shape index (κ2) is 6.97. The third-order valence-corrected chi connectivity index (χ3v) is 5.59. The van der Waals surface area contributed by atoms with Gasteiger partial charge in [-0.2, -0.15) is 0 Å². The molecule has 124 valence electrons. The van der Waals surface area contributed by atoms with E-state index in [0.717, 1.165) is 12.3 Å². The van der Waals surface area contributed by atoms with Crippen molar-refractivity contribution in [3.63, 3.8) is 0 Å². The summed E-state index contributed by atoms with van der Waals surface area (Å²) in [5.74, 6) is 0.771. The average molecular weight is 296 g/mol. The molecule has 2 fully saturated rings. The van der Waals surface area contributed by atoms with Crippen molar-refractivity contribution in [3.8, 4) is 0 Å². The Morgan fingerprint density at radius 1 is 1.29 bits per heavy atom. The Kier molecular flexibility index (Phi) is 5.72. The first-order chi connectivity index (χ1) is 9.86. The average Bonchev–Trinajstić information content (AvgIpc) is 2.87. The van der Waals surface area contributed by atoms with Crippen molar-refractivity contribution in [2.45, 2.75) is 83.4 Å². The fourth-order valence-electron chi connectivity index (χ4n) is 3.98. The van der Waals surface area contributed by atoms with E-state index in [1.165, 1.54) is 51.7 Å². The zero-order valence-corrected chi connectivity index (χ0v) is 14.9. The highest BCUT2D eigenvalue weighted by atomic mass is 16.5. The van der Waals surface area contributed by atoms with Gasteiger partial charge in [-0.05, 0) is 45.4 Å². The largest absolute Gasteiger partial charge is 0.379 e. The molecule has 1 unspecified atom stereocenters. The summed E-state index contributed by atoms with van der Waals surface area (Å²) in [7, 11) is 1.84. The summed E-state index contributed by atoms with van der Waals surface area (Å²) >= 11 is 0. The molecule has 0 bridgehead atoms. The van der Waals surface area contributed by atoms with Crippen molar-refractivity contribution in [2.24, 2.45) is 5.92 Å². The summed E-state index contributed by atoms with van der Waals surface area (Å²) in [6, 6.07) is 0.698. The smallest absolute Gasteiger partial charge is 0.0634 e. The first-order valence-corrected chi connectivity index (χ1v) is 8.90. The van der Waals surface area contributed by atoms with Crippen LogP contribution in [-0.4, -0.2) is 48.8 Å². The number of methoxy groups -OCH3 is 1. The summed E-state index contributed by atoms with van der Waals surface area (Å²) in [5, 5.41) is 3.92. The minimum atomic E-state index is -0.00387. The molecule has 1 N–H and O–H groups in total. The van der Waals surface area contributed by atoms with Crippen molar-refractivity contribution in [2.75, 3.05) is 26.7 Å². The van der Waals surface area contributed by atoms with Crippen LogP contribution in [0.2, 0.25) is 0 Å². The molecule has 0 radical (unpaired) electrons. The van der Waals surface area contributed by atoms with E-state index < -0.39 is 0 Å². The fourth-order valence-corrected chi connectivity index (χ4v) is 3.98. The maximum Gasteiger partial charge on any atom is 0.0634 e. The molecule has 2 rings (SSSR count). The van der Waals surface area contributed by atoms with Gasteiger partial charge in [0.25, 0.3) is 0 Å². The minimum absolute atomic E-state index is 0.00387. The van der Waals surface area contributed by atoms with Crippen LogP contribution in [0.1, 0.15) is 66.2 Å². The van der Waals surface area contributed by atoms with E-state index in [9.17, 15) is 0 Å². The lowest BCUT2D eigenvalue weighted by Crippen LogP contribution is -2.63. The van der Waals surface area contributed by atoms with Crippen LogP contribution >= 0.6 is 0 Å². The number of nitrogens with zero attached hydrogens (tertiary/aromatic N) is 1. The zero-order valence-electron chi connectivity index (χ0n) is 14.9. The molecule has 1 saturated heterocycles. The predicted octanol–water partition coefficient (Wildman–Crippen LogP) is 3.43. The lowest BCUT2D eigenvalue weighted by molar-refractivity contribution is -0.00762. The Labute approximate surface area is 131 Å². The van der Waals surface area contributed by atoms with Gasteiger partial charge in [-0.3, -0.25) is 4.90 Å². The maximum absolute atomic E-state index is 5.62. The summed E-state index contributed by atoms with van der Waals surface area (Å²) in [4.78, 5) is 2.77. The van der Waals surface area contributed by atoms with Crippen LogP contribution in [0.5, 0.6) is 0 Å². The first-order valence-electron chi connectivity index (χ1n) is 8.90. The molecule has 1 atom stereocenters. The number of rotatable bonds is 6. The van der Waals surface area contributed by atoms with Crippen LogP contribution in [0, 0.1) is 5.92 Å². The lowest BCUT2D eigenvalue weighted by Gasteiger charge is -2.47. The summed E-state index contributed by atoms with van der Waals surface area (Å²) in [6.45, 7) is 12.7. The summed E-state index contributed by atoms with van der Waals surface area (Å²) in [6.07, 6.45) is 7.96. The van der Waals surface area contributed by atoms with Gasteiger partial charge < -0.3 is 10.1 Å². The van der Waals surface area contributed by atoms with Gasteiger partial charge in [0.1, 0.15) is 0 Å². The van der Waals surface area contributed by atoms with Crippen LogP contribution in [-0.2, 0) is 4.74 Å². The normalized spacial score (nSPS) is 26.9. The Balaban J connectivity index is 1.98. The third-order valence-electron chi connectivity index (χ3n) is 5.59. The van der Waals surface area contributed by atoms with Gasteiger partial charge in [-0.15, -0.1) is 0 Å². The number of ether oxygens (including phenoxy) is 1. The van der Waals surface area contributed by atoms with Gasteiger partial charge in [-0.1, -0.05) is 26.7 Å². The van der Waals surface area contributed by atoms with E-state index in [2.05, 4.69) is 37.9 Å². The molecule has 0 aromatic carbocycles. The molecule has 0 aromatic rings. The minimum Gasteiger partial charge on any atom is -0.379 e. The van der Waals surface area contributed by atoms with Crippen molar-refractivity contribution < 1.29 is 4.74 Å². The van der Waals surface area contributed by atoms with E-state index in [1.807, 2.05) is 7.11 Å². The zero-order chi connectivity index (χ0) is 15.5. The topological polar surface area (TPSA) is 24.5 Å². The van der Waals surface area contributed by atoms with Gasteiger partial charge in [0.05, 0.1) is 5.60 Å². The van der Waals surface area contributed by atoms with Crippen LogP contribution in [0.15, 0.2) is 0 Å². The van der Waals surface area contributed by atoms with Crippen molar-refractivity contribution in [3.05, 3.63) is 0 Å². The molecule has 1 heterocycles. The molecule has 3 nitrogen and oxygen atoms in total. The maximum atomic E-state index is 5.62. The van der Waals surface area contributed by atoms with Crippen molar-refractivity contribution in [1.29, 1.82) is 0 Å². The molecule has 1 aliphatic carbocycles. The van der Waals surface area contributed by atoms with E-state index >= 15 is 0 Å². The third kappa shape index (κ3) is 4.67. The molecule has 0 amide bonds. The Hall–Kier alpha value is -0.120. The quantitative estimate of drug-likeness (QED) is 0.812. The highest BCUT2D eigenvalue weighted by Gasteiger charge is 2.41. The van der Waals surface area contributed by atoms with Crippen LogP contribution in [0.4, 0.5) is 0 Å². The van der Waals surface area contributed by atoms with E-state index in [-0.39, 0.29) is 5.60 Å². The molecular weight excluding hydrogens is 260 g/mol. The van der Waals surface area contributed by atoms with Crippen molar-refractivity contribution >= 4 is 0 Å². The molecule has 21 heavy (non-hydrogen) atoms. The molecule has 1 aliphatic heterocycles. The van der Waals surface area contributed by atoms with E-state index in [0.29, 0.717) is 11.6 Å².